The molecule has 2 aliphatic heterocycles. The zero-order valence-electron chi connectivity index (χ0n) is 15.4. The number of hydrogen-bond donors (Lipinski definition) is 2. The summed E-state index contributed by atoms with van der Waals surface area (Å²) in [4.78, 5) is 26.8. The highest BCUT2D eigenvalue weighted by Gasteiger charge is 2.22. The van der Waals surface area contributed by atoms with E-state index in [0.29, 0.717) is 12.1 Å². The highest BCUT2D eigenvalue weighted by atomic mass is 16.4. The quantitative estimate of drug-likeness (QED) is 0.830. The first kappa shape index (κ1) is 17.5. The maximum atomic E-state index is 11.3. The van der Waals surface area contributed by atoms with Crippen molar-refractivity contribution in [2.24, 2.45) is 0 Å². The minimum Gasteiger partial charge on any atom is -0.478 e. The first-order valence-corrected chi connectivity index (χ1v) is 9.18. The molecule has 27 heavy (non-hydrogen) atoms. The maximum absolute atomic E-state index is 11.3. The molecule has 1 fully saturated rings. The van der Waals surface area contributed by atoms with Gasteiger partial charge in [0.25, 0.3) is 0 Å². The van der Waals surface area contributed by atoms with Gasteiger partial charge in [0.05, 0.1) is 5.56 Å². The number of rotatable bonds is 3. The zero-order chi connectivity index (χ0) is 19.0. The molecule has 1 saturated heterocycles. The molecule has 2 aromatic rings. The summed E-state index contributed by atoms with van der Waals surface area (Å²) in [6.07, 6.45) is 0.850. The van der Waals surface area contributed by atoms with E-state index in [-0.39, 0.29) is 5.95 Å². The van der Waals surface area contributed by atoms with Crippen molar-refractivity contribution in [3.8, 4) is 0 Å². The molecule has 3 heterocycles. The van der Waals surface area contributed by atoms with Crippen LogP contribution >= 0.6 is 0 Å². The van der Waals surface area contributed by atoms with E-state index in [1.54, 1.807) is 12.1 Å². The van der Waals surface area contributed by atoms with Crippen LogP contribution in [0.1, 0.15) is 21.5 Å². The first-order chi connectivity index (χ1) is 13.0. The second-order valence-electron chi connectivity index (χ2n) is 7.19. The molecule has 1 aromatic heterocycles. The molecule has 2 aliphatic rings. The van der Waals surface area contributed by atoms with Crippen LogP contribution < -0.4 is 15.5 Å². The molecule has 0 unspecified atom stereocenters. The summed E-state index contributed by atoms with van der Waals surface area (Å²) in [6, 6.07) is 7.34. The van der Waals surface area contributed by atoms with Gasteiger partial charge >= 0.3 is 5.97 Å². The van der Waals surface area contributed by atoms with Crippen LogP contribution in [0.4, 0.5) is 17.6 Å². The van der Waals surface area contributed by atoms with Crippen molar-refractivity contribution < 1.29 is 9.90 Å². The van der Waals surface area contributed by atoms with Gasteiger partial charge in [0.15, 0.2) is 0 Å². The van der Waals surface area contributed by atoms with Gasteiger partial charge in [-0.2, -0.15) is 9.97 Å². The lowest BCUT2D eigenvalue weighted by Gasteiger charge is -2.34. The number of aromatic carboxylic acids is 1. The van der Waals surface area contributed by atoms with Crippen molar-refractivity contribution >= 4 is 23.6 Å². The van der Waals surface area contributed by atoms with E-state index in [9.17, 15) is 9.90 Å². The Kier molecular flexibility index (Phi) is 4.57. The summed E-state index contributed by atoms with van der Waals surface area (Å²) in [5, 5.41) is 9.25. The van der Waals surface area contributed by atoms with Crippen molar-refractivity contribution in [1.82, 2.24) is 14.9 Å². The normalized spacial score (nSPS) is 17.7. The van der Waals surface area contributed by atoms with Crippen LogP contribution in [0, 0.1) is 0 Å². The summed E-state index contributed by atoms with van der Waals surface area (Å²) in [5.74, 6) is 1.02. The van der Waals surface area contributed by atoms with Crippen LogP contribution in [-0.2, 0) is 13.0 Å². The largest absolute Gasteiger partial charge is 0.478 e. The van der Waals surface area contributed by atoms with Crippen molar-refractivity contribution in [2.45, 2.75) is 13.0 Å². The monoisotopic (exact) mass is 368 g/mol. The van der Waals surface area contributed by atoms with Crippen LogP contribution in [-0.4, -0.2) is 65.7 Å². The fourth-order valence-electron chi connectivity index (χ4n) is 3.68. The Morgan fingerprint density at radius 3 is 2.41 bits per heavy atom. The Labute approximate surface area is 158 Å². The van der Waals surface area contributed by atoms with Gasteiger partial charge in [-0.15, -0.1) is 0 Å². The number of hydrogen-bond acceptors (Lipinski definition) is 7. The predicted octanol–water partition coefficient (Wildman–Crippen LogP) is 1.07. The van der Waals surface area contributed by atoms with E-state index in [1.165, 1.54) is 5.56 Å². The highest BCUT2D eigenvalue weighted by Crippen LogP contribution is 2.27. The maximum Gasteiger partial charge on any atom is 0.335 e. The summed E-state index contributed by atoms with van der Waals surface area (Å²) in [7, 11) is 2.12. The number of carboxylic acids is 1. The third-order valence-electron chi connectivity index (χ3n) is 5.33. The minimum atomic E-state index is -0.904. The number of fused-ring (bicyclic) bond motifs is 1. The molecule has 0 radical (unpaired) electrons. The third kappa shape index (κ3) is 3.66. The molecule has 8 nitrogen and oxygen atoms in total. The number of aromatic nitrogens is 2. The number of piperazine rings is 1. The topological polar surface area (TPSA) is 98.8 Å². The Balaban J connectivity index is 1.58. The molecule has 4 rings (SSSR count). The van der Waals surface area contributed by atoms with Gasteiger partial charge in [-0.05, 0) is 36.7 Å². The number of likely N-dealkylation sites (N-methyl/N-ethyl adjacent to an activating group) is 1. The van der Waals surface area contributed by atoms with Crippen LogP contribution in [0.2, 0.25) is 0 Å². The van der Waals surface area contributed by atoms with E-state index in [0.717, 1.165) is 56.3 Å². The smallest absolute Gasteiger partial charge is 0.335 e. The number of nitrogens with two attached hydrogens (primary N) is 1. The van der Waals surface area contributed by atoms with Crippen LogP contribution in [0.25, 0.3) is 0 Å². The SMILES string of the molecule is CN1CCN(c2cc(N3CCc4ccc(C(=O)O)cc4C3)nc(N)n2)CC1. The fraction of sp³-hybridized carbons (Fsp3) is 0.421. The van der Waals surface area contributed by atoms with Crippen molar-refractivity contribution in [1.29, 1.82) is 0 Å². The van der Waals surface area contributed by atoms with Crippen LogP contribution in [0.3, 0.4) is 0 Å². The standard InChI is InChI=1S/C19H24N6O2/c1-23-6-8-24(9-7-23)16-11-17(22-19(20)21-16)25-5-4-13-2-3-14(18(26)27)10-15(13)12-25/h2-3,10-11H,4-9,12H2,1H3,(H,26,27)(H2,20,21,22). The van der Waals surface area contributed by atoms with Gasteiger partial charge in [-0.1, -0.05) is 6.07 Å². The van der Waals surface area contributed by atoms with Crippen LogP contribution in [0.15, 0.2) is 24.3 Å². The van der Waals surface area contributed by atoms with E-state index in [1.807, 2.05) is 12.1 Å². The van der Waals surface area contributed by atoms with Gasteiger partial charge in [0.1, 0.15) is 11.6 Å². The average molecular weight is 368 g/mol. The number of benzene rings is 1. The number of carboxylic acid groups (broad SMARTS) is 1. The third-order valence-corrected chi connectivity index (χ3v) is 5.33. The highest BCUT2D eigenvalue weighted by molar-refractivity contribution is 5.88. The van der Waals surface area contributed by atoms with Crippen LogP contribution in [0.5, 0.6) is 0 Å². The molecule has 0 atom stereocenters. The Bertz CT molecular complexity index is 863. The average Bonchev–Trinajstić information content (AvgIpc) is 2.67. The molecular formula is C19H24N6O2. The van der Waals surface area contributed by atoms with Gasteiger partial charge in [-0.3, -0.25) is 0 Å². The lowest BCUT2D eigenvalue weighted by atomic mass is 9.97. The van der Waals surface area contributed by atoms with Crippen molar-refractivity contribution in [3.63, 3.8) is 0 Å². The second kappa shape index (κ2) is 7.03. The predicted molar refractivity (Wildman–Crippen MR) is 104 cm³/mol. The first-order valence-electron chi connectivity index (χ1n) is 9.18. The fourth-order valence-corrected chi connectivity index (χ4v) is 3.68. The number of anilines is 3. The van der Waals surface area contributed by atoms with Crippen molar-refractivity contribution in [2.75, 3.05) is 55.3 Å². The molecular weight excluding hydrogens is 344 g/mol. The molecule has 0 spiro atoms. The summed E-state index contributed by atoms with van der Waals surface area (Å²) < 4.78 is 0. The van der Waals surface area contributed by atoms with Gasteiger partial charge in [-0.25, -0.2) is 4.79 Å². The van der Waals surface area contributed by atoms with E-state index >= 15 is 0 Å². The van der Waals surface area contributed by atoms with Crippen molar-refractivity contribution in [3.05, 3.63) is 41.0 Å². The Hall–Kier alpha value is -2.87. The lowest BCUT2D eigenvalue weighted by molar-refractivity contribution is 0.0696. The molecule has 0 aliphatic carbocycles. The Morgan fingerprint density at radius 1 is 1.00 bits per heavy atom. The summed E-state index contributed by atoms with van der Waals surface area (Å²) >= 11 is 0. The van der Waals surface area contributed by atoms with E-state index in [2.05, 4.69) is 31.7 Å². The van der Waals surface area contributed by atoms with Gasteiger partial charge in [0, 0.05) is 45.3 Å². The van der Waals surface area contributed by atoms with Gasteiger partial charge in [0.2, 0.25) is 5.95 Å². The summed E-state index contributed by atoms with van der Waals surface area (Å²) in [6.45, 7) is 5.25. The lowest BCUT2D eigenvalue weighted by Crippen LogP contribution is -2.45. The second-order valence-corrected chi connectivity index (χ2v) is 7.19. The molecule has 3 N–H and O–H groups in total. The number of nitrogen functional groups attached to an aromatic ring is 1. The van der Waals surface area contributed by atoms with Gasteiger partial charge < -0.3 is 25.5 Å². The van der Waals surface area contributed by atoms with E-state index < -0.39 is 5.97 Å². The molecule has 1 aromatic carbocycles. The molecule has 0 bridgehead atoms. The Morgan fingerprint density at radius 2 is 1.70 bits per heavy atom. The minimum absolute atomic E-state index is 0.270. The molecule has 0 saturated carbocycles. The van der Waals surface area contributed by atoms with E-state index in [4.69, 9.17) is 5.73 Å². The zero-order valence-corrected chi connectivity index (χ0v) is 15.4. The number of carbonyl (C=O) groups is 1. The molecule has 0 amide bonds. The number of nitrogens with zero attached hydrogens (tertiary/aromatic N) is 5. The summed E-state index contributed by atoms with van der Waals surface area (Å²) in [5.41, 5.74) is 8.53. The molecule has 8 heteroatoms. The molecule has 142 valence electrons.